The summed E-state index contributed by atoms with van der Waals surface area (Å²) in [6.07, 6.45) is 5.46. The number of aryl methyl sites for hydroxylation is 1. The van der Waals surface area contributed by atoms with Crippen molar-refractivity contribution in [1.82, 2.24) is 4.57 Å². The number of hydrogen-bond acceptors (Lipinski definition) is 4. The topological polar surface area (TPSA) is 59.4 Å². The first kappa shape index (κ1) is 16.0. The van der Waals surface area contributed by atoms with E-state index in [1.165, 1.54) is 6.20 Å². The van der Waals surface area contributed by atoms with Crippen LogP contribution in [0.25, 0.3) is 10.9 Å². The molecule has 1 saturated heterocycles. The summed E-state index contributed by atoms with van der Waals surface area (Å²) in [5.41, 5.74) is 0.355. The van der Waals surface area contributed by atoms with Gasteiger partial charge in [-0.25, -0.2) is 12.8 Å². The van der Waals surface area contributed by atoms with Crippen LogP contribution in [0.5, 0.6) is 0 Å². The van der Waals surface area contributed by atoms with E-state index in [2.05, 4.69) is 0 Å². The summed E-state index contributed by atoms with van der Waals surface area (Å²) in [6.45, 7) is 1.58. The third kappa shape index (κ3) is 2.85. The highest BCUT2D eigenvalue weighted by Crippen LogP contribution is 2.27. The molecule has 124 valence electrons. The van der Waals surface area contributed by atoms with Crippen molar-refractivity contribution in [2.24, 2.45) is 7.05 Å². The number of nitrogens with zero attached hydrogens (tertiary/aromatic N) is 2. The van der Waals surface area contributed by atoms with Crippen LogP contribution in [0.15, 0.2) is 28.0 Å². The number of benzene rings is 1. The average molecular weight is 338 g/mol. The summed E-state index contributed by atoms with van der Waals surface area (Å²) < 4.78 is 39.5. The van der Waals surface area contributed by atoms with Crippen LogP contribution < -0.4 is 10.3 Å². The zero-order chi connectivity index (χ0) is 16.8. The van der Waals surface area contributed by atoms with Crippen LogP contribution in [0, 0.1) is 5.82 Å². The molecule has 0 spiro atoms. The maximum Gasteiger partial charge on any atom is 0.208 e. The first-order chi connectivity index (χ1) is 10.8. The number of halogens is 1. The fraction of sp³-hybridized carbons (Fsp3) is 0.438. The van der Waals surface area contributed by atoms with E-state index in [0.29, 0.717) is 11.2 Å². The smallest absolute Gasteiger partial charge is 0.208 e. The number of sulfone groups is 1. The summed E-state index contributed by atoms with van der Waals surface area (Å²) in [5, 5.41) is 0.0914. The Balaban J connectivity index is 2.25. The van der Waals surface area contributed by atoms with Crippen LogP contribution in [0.4, 0.5) is 10.1 Å². The first-order valence-corrected chi connectivity index (χ1v) is 9.46. The molecule has 7 heteroatoms. The SMILES string of the molecule is Cn1cc(S(C)(=O)=O)c(=O)c2cc(F)c(N3CCCCC3)cc21. The third-order valence-electron chi connectivity index (χ3n) is 4.32. The maximum absolute atomic E-state index is 14.5. The number of piperidine rings is 1. The van der Waals surface area contributed by atoms with Gasteiger partial charge in [-0.3, -0.25) is 4.79 Å². The van der Waals surface area contributed by atoms with Crippen LogP contribution >= 0.6 is 0 Å². The Bertz CT molecular complexity index is 928. The molecule has 1 aromatic heterocycles. The van der Waals surface area contributed by atoms with Crippen molar-refractivity contribution >= 4 is 26.4 Å². The minimum Gasteiger partial charge on any atom is -0.369 e. The predicted octanol–water partition coefficient (Wildman–Crippen LogP) is 2.07. The molecule has 0 unspecified atom stereocenters. The van der Waals surface area contributed by atoms with Gasteiger partial charge in [0.25, 0.3) is 0 Å². The Morgan fingerprint density at radius 1 is 1.13 bits per heavy atom. The molecular weight excluding hydrogens is 319 g/mol. The number of hydrogen-bond donors (Lipinski definition) is 0. The number of aromatic nitrogens is 1. The quantitative estimate of drug-likeness (QED) is 0.841. The molecule has 1 aliphatic heterocycles. The Morgan fingerprint density at radius 3 is 2.39 bits per heavy atom. The van der Waals surface area contributed by atoms with E-state index >= 15 is 0 Å². The Morgan fingerprint density at radius 2 is 1.78 bits per heavy atom. The van der Waals surface area contributed by atoms with Crippen molar-refractivity contribution in [2.45, 2.75) is 24.2 Å². The van der Waals surface area contributed by atoms with Gasteiger partial charge in [-0.15, -0.1) is 0 Å². The zero-order valence-corrected chi connectivity index (χ0v) is 14.0. The number of fused-ring (bicyclic) bond motifs is 1. The lowest BCUT2D eigenvalue weighted by Gasteiger charge is -2.29. The van der Waals surface area contributed by atoms with E-state index in [9.17, 15) is 17.6 Å². The maximum atomic E-state index is 14.5. The summed E-state index contributed by atoms with van der Waals surface area (Å²) in [6, 6.07) is 2.81. The van der Waals surface area contributed by atoms with Crippen LogP contribution in [0.3, 0.4) is 0 Å². The molecule has 5 nitrogen and oxygen atoms in total. The van der Waals surface area contributed by atoms with Gasteiger partial charge in [0.1, 0.15) is 10.7 Å². The van der Waals surface area contributed by atoms with E-state index in [1.54, 1.807) is 17.7 Å². The van der Waals surface area contributed by atoms with E-state index in [-0.39, 0.29) is 10.3 Å². The summed E-state index contributed by atoms with van der Waals surface area (Å²) >= 11 is 0. The van der Waals surface area contributed by atoms with Crippen LogP contribution in [0.2, 0.25) is 0 Å². The second-order valence-corrected chi connectivity index (χ2v) is 8.06. The largest absolute Gasteiger partial charge is 0.369 e. The van der Waals surface area contributed by atoms with Crippen LogP contribution in [-0.4, -0.2) is 32.3 Å². The lowest BCUT2D eigenvalue weighted by molar-refractivity contribution is 0.557. The Kier molecular flexibility index (Phi) is 3.91. The molecule has 1 aliphatic rings. The lowest BCUT2D eigenvalue weighted by atomic mass is 10.1. The van der Waals surface area contributed by atoms with Crippen molar-refractivity contribution in [3.8, 4) is 0 Å². The molecule has 1 fully saturated rings. The van der Waals surface area contributed by atoms with Gasteiger partial charge in [0, 0.05) is 32.6 Å². The normalized spacial score (nSPS) is 16.0. The van der Waals surface area contributed by atoms with Gasteiger partial charge in [-0.05, 0) is 31.4 Å². The van der Waals surface area contributed by atoms with Gasteiger partial charge in [0.2, 0.25) is 5.43 Å². The molecule has 0 aliphatic carbocycles. The van der Waals surface area contributed by atoms with Crippen molar-refractivity contribution in [3.63, 3.8) is 0 Å². The number of pyridine rings is 1. The van der Waals surface area contributed by atoms with Crippen molar-refractivity contribution in [3.05, 3.63) is 34.4 Å². The Hall–Kier alpha value is -1.89. The molecule has 2 heterocycles. The van der Waals surface area contributed by atoms with E-state index in [0.717, 1.165) is 44.7 Å². The number of anilines is 1. The summed E-state index contributed by atoms with van der Waals surface area (Å²) in [7, 11) is -2.00. The fourth-order valence-corrected chi connectivity index (χ4v) is 3.90. The fourth-order valence-electron chi connectivity index (χ4n) is 3.10. The number of rotatable bonds is 2. The minimum atomic E-state index is -3.66. The van der Waals surface area contributed by atoms with Crippen LogP contribution in [-0.2, 0) is 16.9 Å². The molecule has 1 aromatic carbocycles. The van der Waals surface area contributed by atoms with Crippen molar-refractivity contribution in [2.75, 3.05) is 24.2 Å². The van der Waals surface area contributed by atoms with Crippen molar-refractivity contribution in [1.29, 1.82) is 0 Å². The van der Waals surface area contributed by atoms with Gasteiger partial charge in [0.15, 0.2) is 9.84 Å². The second-order valence-electron chi connectivity index (χ2n) is 6.07. The highest BCUT2D eigenvalue weighted by molar-refractivity contribution is 7.90. The van der Waals surface area contributed by atoms with Gasteiger partial charge < -0.3 is 9.47 Å². The van der Waals surface area contributed by atoms with Gasteiger partial charge >= 0.3 is 0 Å². The average Bonchev–Trinajstić information content (AvgIpc) is 2.50. The van der Waals surface area contributed by atoms with Gasteiger partial charge in [-0.1, -0.05) is 0 Å². The second kappa shape index (κ2) is 5.63. The standard InChI is InChI=1S/C16H19FN2O3S/c1-18-10-15(23(2,21)22)16(20)11-8-12(17)14(9-13(11)18)19-6-4-3-5-7-19/h8-10H,3-7H2,1-2H3. The molecule has 0 atom stereocenters. The molecule has 3 rings (SSSR count). The molecule has 2 aromatic rings. The molecule has 0 amide bonds. The monoisotopic (exact) mass is 338 g/mol. The van der Waals surface area contributed by atoms with E-state index in [1.807, 2.05) is 4.90 Å². The first-order valence-electron chi connectivity index (χ1n) is 7.57. The molecule has 0 bridgehead atoms. The zero-order valence-electron chi connectivity index (χ0n) is 13.2. The van der Waals surface area contributed by atoms with E-state index < -0.39 is 21.1 Å². The molecule has 0 radical (unpaired) electrons. The molecule has 23 heavy (non-hydrogen) atoms. The van der Waals surface area contributed by atoms with Crippen molar-refractivity contribution < 1.29 is 12.8 Å². The minimum absolute atomic E-state index is 0.0914. The molecule has 0 N–H and O–H groups in total. The molecule has 0 saturated carbocycles. The third-order valence-corrected chi connectivity index (χ3v) is 5.41. The summed E-state index contributed by atoms with van der Waals surface area (Å²) in [4.78, 5) is 14.1. The summed E-state index contributed by atoms with van der Waals surface area (Å²) in [5.74, 6) is -0.484. The highest BCUT2D eigenvalue weighted by atomic mass is 32.2. The van der Waals surface area contributed by atoms with Crippen LogP contribution in [0.1, 0.15) is 19.3 Å². The lowest BCUT2D eigenvalue weighted by Crippen LogP contribution is -2.30. The predicted molar refractivity (Wildman–Crippen MR) is 88.3 cm³/mol. The van der Waals surface area contributed by atoms with E-state index in [4.69, 9.17) is 0 Å². The Labute approximate surface area is 134 Å². The molecular formula is C16H19FN2O3S. The highest BCUT2D eigenvalue weighted by Gasteiger charge is 2.20. The van der Waals surface area contributed by atoms with Gasteiger partial charge in [0.05, 0.1) is 16.6 Å². The van der Waals surface area contributed by atoms with Gasteiger partial charge in [-0.2, -0.15) is 0 Å².